The van der Waals surface area contributed by atoms with Gasteiger partial charge in [0.1, 0.15) is 22.4 Å². The van der Waals surface area contributed by atoms with Crippen molar-refractivity contribution in [3.8, 4) is 0 Å². The molecule has 2 nitrogen and oxygen atoms in total. The Kier molecular flexibility index (Phi) is 5.72. The van der Waals surface area contributed by atoms with Crippen LogP contribution >= 0.6 is 24.0 Å². The van der Waals surface area contributed by atoms with Crippen molar-refractivity contribution in [2.75, 3.05) is 0 Å². The van der Waals surface area contributed by atoms with E-state index in [1.54, 1.807) is 0 Å². The number of hydrogen-bond acceptors (Lipinski definition) is 2. The summed E-state index contributed by atoms with van der Waals surface area (Å²) in [4.78, 5) is 3.23. The van der Waals surface area contributed by atoms with Crippen LogP contribution < -0.4 is 5.73 Å². The largest absolute Gasteiger partial charge is 0.433 e. The van der Waals surface area contributed by atoms with Crippen molar-refractivity contribution >= 4 is 24.0 Å². The molecule has 2 N–H and O–H groups in total. The Labute approximate surface area is 133 Å². The van der Waals surface area contributed by atoms with Gasteiger partial charge in [0.15, 0.2) is 0 Å². The van der Waals surface area contributed by atoms with Gasteiger partial charge in [0, 0.05) is 11.8 Å². The molecule has 1 atom stereocenters. The first-order valence-corrected chi connectivity index (χ1v) is 6.01. The Morgan fingerprint density at radius 1 is 1.09 bits per heavy atom. The van der Waals surface area contributed by atoms with Crippen molar-refractivity contribution in [2.45, 2.75) is 12.2 Å². The molecule has 0 aliphatic rings. The van der Waals surface area contributed by atoms with Gasteiger partial charge in [-0.25, -0.2) is 8.78 Å². The Hall–Kier alpha value is -1.44. The van der Waals surface area contributed by atoms with E-state index >= 15 is 0 Å². The molecule has 0 aliphatic heterocycles. The van der Waals surface area contributed by atoms with Crippen LogP contribution in [0.4, 0.5) is 22.0 Å². The zero-order valence-corrected chi connectivity index (χ0v) is 12.2. The average molecular weight is 359 g/mol. The number of halogens is 7. The molecule has 0 amide bonds. The van der Waals surface area contributed by atoms with Crippen molar-refractivity contribution in [2.24, 2.45) is 5.73 Å². The second-order valence-electron chi connectivity index (χ2n) is 4.22. The Morgan fingerprint density at radius 3 is 2.23 bits per heavy atom. The monoisotopic (exact) mass is 358 g/mol. The molecule has 1 unspecified atom stereocenters. The van der Waals surface area contributed by atoms with Crippen LogP contribution in [0.25, 0.3) is 0 Å². The third-order valence-corrected chi connectivity index (χ3v) is 3.18. The van der Waals surface area contributed by atoms with Crippen LogP contribution in [0.5, 0.6) is 0 Å². The lowest BCUT2D eigenvalue weighted by molar-refractivity contribution is -0.141. The first kappa shape index (κ1) is 18.6. The Balaban J connectivity index is 0.00000242. The maximum absolute atomic E-state index is 13.8. The van der Waals surface area contributed by atoms with E-state index in [4.69, 9.17) is 17.3 Å². The summed E-state index contributed by atoms with van der Waals surface area (Å²) in [6, 6.07) is 2.71. The minimum atomic E-state index is -4.58. The first-order valence-electron chi connectivity index (χ1n) is 5.64. The zero-order valence-electron chi connectivity index (χ0n) is 10.7. The van der Waals surface area contributed by atoms with Gasteiger partial charge in [-0.3, -0.25) is 4.98 Å². The van der Waals surface area contributed by atoms with Crippen molar-refractivity contribution in [1.29, 1.82) is 0 Å². The van der Waals surface area contributed by atoms with Crippen molar-refractivity contribution in [3.63, 3.8) is 0 Å². The number of rotatable bonds is 2. The van der Waals surface area contributed by atoms with E-state index in [-0.39, 0.29) is 23.5 Å². The summed E-state index contributed by atoms with van der Waals surface area (Å²) in [5.41, 5.74) is 4.67. The zero-order chi connectivity index (χ0) is 15.8. The molecule has 9 heteroatoms. The Bertz CT molecular complexity index is 659. The van der Waals surface area contributed by atoms with Gasteiger partial charge in [-0.15, -0.1) is 12.4 Å². The van der Waals surface area contributed by atoms with Crippen LogP contribution in [0.2, 0.25) is 5.02 Å². The maximum atomic E-state index is 13.8. The first-order chi connectivity index (χ1) is 9.71. The summed E-state index contributed by atoms with van der Waals surface area (Å²) in [6.07, 6.45) is -3.68. The summed E-state index contributed by atoms with van der Waals surface area (Å²) >= 11 is 5.43. The minimum absolute atomic E-state index is 0. The molecule has 1 aromatic carbocycles. The molecule has 0 bridgehead atoms. The summed E-state index contributed by atoms with van der Waals surface area (Å²) in [5, 5.41) is -0.720. The number of nitrogens with zero attached hydrogens (tertiary/aromatic N) is 1. The molecule has 2 rings (SSSR count). The van der Waals surface area contributed by atoms with Gasteiger partial charge in [0.05, 0.1) is 6.04 Å². The van der Waals surface area contributed by atoms with Crippen LogP contribution in [0.1, 0.15) is 22.9 Å². The van der Waals surface area contributed by atoms with Gasteiger partial charge in [-0.2, -0.15) is 13.2 Å². The number of pyridine rings is 1. The normalized spacial score (nSPS) is 12.7. The lowest BCUT2D eigenvalue weighted by atomic mass is 10.0. The van der Waals surface area contributed by atoms with E-state index in [2.05, 4.69) is 4.98 Å². The van der Waals surface area contributed by atoms with Gasteiger partial charge in [0.25, 0.3) is 0 Å². The highest BCUT2D eigenvalue weighted by molar-refractivity contribution is 6.30. The summed E-state index contributed by atoms with van der Waals surface area (Å²) in [6.45, 7) is 0. The molecule has 2 aromatic rings. The summed E-state index contributed by atoms with van der Waals surface area (Å²) < 4.78 is 64.1. The molecule has 0 saturated heterocycles. The molecular weight excluding hydrogens is 350 g/mol. The van der Waals surface area contributed by atoms with E-state index in [9.17, 15) is 22.0 Å². The fourth-order valence-corrected chi connectivity index (χ4v) is 1.89. The third kappa shape index (κ3) is 3.66. The van der Waals surface area contributed by atoms with Crippen molar-refractivity contribution in [3.05, 3.63) is 63.9 Å². The number of hydrogen-bond donors (Lipinski definition) is 1. The molecule has 1 aromatic heterocycles. The molecule has 22 heavy (non-hydrogen) atoms. The highest BCUT2D eigenvalue weighted by Crippen LogP contribution is 2.30. The lowest BCUT2D eigenvalue weighted by Crippen LogP contribution is -2.16. The SMILES string of the molecule is Cl.NC(c1ccc(C(F)(F)F)nc1)c1ccc(F)c(Cl)c1F. The smallest absolute Gasteiger partial charge is 0.320 e. The van der Waals surface area contributed by atoms with E-state index < -0.39 is 34.6 Å². The highest BCUT2D eigenvalue weighted by Gasteiger charge is 2.32. The fourth-order valence-electron chi connectivity index (χ4n) is 1.72. The average Bonchev–Trinajstić information content (AvgIpc) is 2.43. The van der Waals surface area contributed by atoms with Gasteiger partial charge in [-0.05, 0) is 17.7 Å². The van der Waals surface area contributed by atoms with Crippen LogP contribution in [0, 0.1) is 11.6 Å². The summed E-state index contributed by atoms with van der Waals surface area (Å²) in [7, 11) is 0. The van der Waals surface area contributed by atoms with Crippen LogP contribution in [0.3, 0.4) is 0 Å². The van der Waals surface area contributed by atoms with Crippen molar-refractivity contribution < 1.29 is 22.0 Å². The van der Waals surface area contributed by atoms with E-state index in [1.165, 1.54) is 0 Å². The standard InChI is InChI=1S/C13H8ClF5N2.ClH/c14-10-8(15)3-2-7(11(10)16)12(20)6-1-4-9(21-5-6)13(17,18)19;/h1-5,12H,20H2;1H. The van der Waals surface area contributed by atoms with Gasteiger partial charge in [0.2, 0.25) is 0 Å². The molecule has 0 spiro atoms. The second-order valence-corrected chi connectivity index (χ2v) is 4.59. The van der Waals surface area contributed by atoms with Gasteiger partial charge in [-0.1, -0.05) is 23.7 Å². The predicted octanol–water partition coefficient (Wildman–Crippen LogP) is 4.50. The van der Waals surface area contributed by atoms with E-state index in [0.717, 1.165) is 30.5 Å². The van der Waals surface area contributed by atoms with Crippen LogP contribution in [-0.2, 0) is 6.18 Å². The second kappa shape index (κ2) is 6.76. The lowest BCUT2D eigenvalue weighted by Gasteiger charge is -2.15. The third-order valence-electron chi connectivity index (χ3n) is 2.84. The summed E-state index contributed by atoms with van der Waals surface area (Å²) in [5.74, 6) is -2.00. The molecule has 0 aliphatic carbocycles. The maximum Gasteiger partial charge on any atom is 0.433 e. The topological polar surface area (TPSA) is 38.9 Å². The Morgan fingerprint density at radius 2 is 1.73 bits per heavy atom. The number of alkyl halides is 3. The predicted molar refractivity (Wildman–Crippen MR) is 73.9 cm³/mol. The molecule has 0 fully saturated rings. The number of aromatic nitrogens is 1. The molecule has 0 radical (unpaired) electrons. The van der Waals surface area contributed by atoms with E-state index in [0.29, 0.717) is 0 Å². The minimum Gasteiger partial charge on any atom is -0.320 e. The fraction of sp³-hybridized carbons (Fsp3) is 0.154. The number of benzene rings is 1. The van der Waals surface area contributed by atoms with E-state index in [1.807, 2.05) is 0 Å². The van der Waals surface area contributed by atoms with Crippen LogP contribution in [0.15, 0.2) is 30.5 Å². The van der Waals surface area contributed by atoms with Gasteiger partial charge < -0.3 is 5.73 Å². The highest BCUT2D eigenvalue weighted by atomic mass is 35.5. The van der Waals surface area contributed by atoms with Crippen LogP contribution in [-0.4, -0.2) is 4.98 Å². The van der Waals surface area contributed by atoms with Crippen molar-refractivity contribution in [1.82, 2.24) is 4.98 Å². The molecule has 0 saturated carbocycles. The van der Waals surface area contributed by atoms with Gasteiger partial charge >= 0.3 is 6.18 Å². The number of nitrogens with two attached hydrogens (primary N) is 1. The molecule has 1 heterocycles. The molecular formula is C13H9Cl2F5N2. The molecule has 120 valence electrons. The quantitative estimate of drug-likeness (QED) is 0.633.